The molecule has 0 spiro atoms. The zero-order valence-electron chi connectivity index (χ0n) is 11.4. The number of ether oxygens (including phenoxy) is 1. The van der Waals surface area contributed by atoms with E-state index < -0.39 is 6.10 Å². The fourth-order valence-corrected chi connectivity index (χ4v) is 1.89. The summed E-state index contributed by atoms with van der Waals surface area (Å²) in [7, 11) is 0. The first-order valence-corrected chi connectivity index (χ1v) is 7.03. The summed E-state index contributed by atoms with van der Waals surface area (Å²) >= 11 is 5.77. The van der Waals surface area contributed by atoms with Gasteiger partial charge in [0.2, 0.25) is 0 Å². The van der Waals surface area contributed by atoms with E-state index in [-0.39, 0.29) is 12.4 Å². The molecule has 3 nitrogen and oxygen atoms in total. The molecular weight excluding hydrogens is 293 g/mol. The Labute approximate surface area is 128 Å². The van der Waals surface area contributed by atoms with Gasteiger partial charge in [-0.15, -0.1) is 0 Å². The van der Waals surface area contributed by atoms with Gasteiger partial charge in [-0.25, -0.2) is 4.39 Å². The highest BCUT2D eigenvalue weighted by Gasteiger charge is 2.05. The van der Waals surface area contributed by atoms with Gasteiger partial charge in [0.25, 0.3) is 0 Å². The minimum absolute atomic E-state index is 0.193. The first-order valence-electron chi connectivity index (χ1n) is 6.65. The van der Waals surface area contributed by atoms with Crippen molar-refractivity contribution in [2.24, 2.45) is 0 Å². The first-order chi connectivity index (χ1) is 10.1. The van der Waals surface area contributed by atoms with Gasteiger partial charge in [0.15, 0.2) is 0 Å². The molecule has 0 radical (unpaired) electrons. The Kier molecular flexibility index (Phi) is 5.99. The summed E-state index contributed by atoms with van der Waals surface area (Å²) in [5, 5.41) is 13.5. The number of nitrogens with one attached hydrogen (secondary N) is 1. The van der Waals surface area contributed by atoms with Gasteiger partial charge >= 0.3 is 0 Å². The Bertz CT molecular complexity index is 545. The Morgan fingerprint density at radius 3 is 2.43 bits per heavy atom. The first kappa shape index (κ1) is 15.8. The van der Waals surface area contributed by atoms with Gasteiger partial charge in [-0.05, 0) is 42.0 Å². The maximum Gasteiger partial charge on any atom is 0.123 e. The van der Waals surface area contributed by atoms with Crippen LogP contribution in [0.2, 0.25) is 5.02 Å². The molecule has 2 aromatic carbocycles. The fraction of sp³-hybridized carbons (Fsp3) is 0.250. The van der Waals surface area contributed by atoms with E-state index in [0.29, 0.717) is 23.9 Å². The number of aliphatic hydroxyl groups excluding tert-OH is 1. The summed E-state index contributed by atoms with van der Waals surface area (Å²) in [6.45, 7) is 1.15. The Morgan fingerprint density at radius 2 is 1.76 bits per heavy atom. The van der Waals surface area contributed by atoms with Crippen molar-refractivity contribution in [3.8, 4) is 5.75 Å². The molecule has 0 saturated carbocycles. The van der Waals surface area contributed by atoms with Crippen LogP contribution in [0.4, 0.5) is 4.39 Å². The molecule has 0 amide bonds. The average Bonchev–Trinajstić information content (AvgIpc) is 2.49. The molecular formula is C16H17ClFNO2. The summed E-state index contributed by atoms with van der Waals surface area (Å²) in [5.74, 6) is 0.409. The minimum atomic E-state index is -0.624. The lowest BCUT2D eigenvalue weighted by Crippen LogP contribution is -2.31. The van der Waals surface area contributed by atoms with Crippen LogP contribution in [-0.2, 0) is 6.54 Å². The van der Waals surface area contributed by atoms with E-state index in [1.54, 1.807) is 36.4 Å². The highest BCUT2D eigenvalue weighted by molar-refractivity contribution is 6.30. The van der Waals surface area contributed by atoms with Crippen molar-refractivity contribution in [3.05, 3.63) is 64.9 Å². The molecule has 112 valence electrons. The molecule has 1 atom stereocenters. The number of halogens is 2. The van der Waals surface area contributed by atoms with Crippen LogP contribution in [0.1, 0.15) is 5.56 Å². The molecule has 0 aromatic heterocycles. The van der Waals surface area contributed by atoms with Crippen molar-refractivity contribution >= 4 is 11.6 Å². The minimum Gasteiger partial charge on any atom is -0.491 e. The van der Waals surface area contributed by atoms with Crippen LogP contribution in [0.3, 0.4) is 0 Å². The number of hydrogen-bond donors (Lipinski definition) is 2. The third kappa shape index (κ3) is 5.71. The third-order valence-electron chi connectivity index (χ3n) is 2.88. The normalized spacial score (nSPS) is 12.1. The predicted octanol–water partition coefficient (Wildman–Crippen LogP) is 3.01. The molecule has 0 bridgehead atoms. The maximum absolute atomic E-state index is 12.7. The van der Waals surface area contributed by atoms with Crippen molar-refractivity contribution < 1.29 is 14.2 Å². The van der Waals surface area contributed by atoms with Gasteiger partial charge in [0, 0.05) is 18.1 Å². The number of aliphatic hydroxyl groups is 1. The summed E-state index contributed by atoms with van der Waals surface area (Å²) in [4.78, 5) is 0. The van der Waals surface area contributed by atoms with Gasteiger partial charge < -0.3 is 15.2 Å². The van der Waals surface area contributed by atoms with Crippen LogP contribution in [0.15, 0.2) is 48.5 Å². The Balaban J connectivity index is 1.66. The Hall–Kier alpha value is -1.62. The van der Waals surface area contributed by atoms with Gasteiger partial charge in [0.1, 0.15) is 24.3 Å². The zero-order chi connectivity index (χ0) is 15.1. The number of hydrogen-bond acceptors (Lipinski definition) is 3. The quantitative estimate of drug-likeness (QED) is 0.826. The monoisotopic (exact) mass is 309 g/mol. The molecule has 0 saturated heterocycles. The van der Waals surface area contributed by atoms with Crippen LogP contribution < -0.4 is 10.1 Å². The van der Waals surface area contributed by atoms with Crippen LogP contribution in [0, 0.1) is 5.82 Å². The highest BCUT2D eigenvalue weighted by Crippen LogP contribution is 2.15. The molecule has 2 N–H and O–H groups in total. The lowest BCUT2D eigenvalue weighted by molar-refractivity contribution is 0.106. The van der Waals surface area contributed by atoms with Crippen LogP contribution in [0.5, 0.6) is 5.75 Å². The molecule has 2 rings (SSSR count). The van der Waals surface area contributed by atoms with Crippen molar-refractivity contribution in [1.29, 1.82) is 0 Å². The fourth-order valence-electron chi connectivity index (χ4n) is 1.77. The number of benzene rings is 2. The second-order valence-corrected chi connectivity index (χ2v) is 5.11. The SMILES string of the molecule is OC(CNCc1ccc(F)cc1)COc1ccc(Cl)cc1. The third-order valence-corrected chi connectivity index (χ3v) is 3.13. The van der Waals surface area contributed by atoms with E-state index in [9.17, 15) is 9.50 Å². The van der Waals surface area contributed by atoms with Crippen LogP contribution >= 0.6 is 11.6 Å². The highest BCUT2D eigenvalue weighted by atomic mass is 35.5. The van der Waals surface area contributed by atoms with Crippen molar-refractivity contribution in [1.82, 2.24) is 5.32 Å². The van der Waals surface area contributed by atoms with Crippen LogP contribution in [0.25, 0.3) is 0 Å². The Morgan fingerprint density at radius 1 is 1.10 bits per heavy atom. The van der Waals surface area contributed by atoms with E-state index in [2.05, 4.69) is 5.32 Å². The van der Waals surface area contributed by atoms with Crippen molar-refractivity contribution in [2.75, 3.05) is 13.2 Å². The average molecular weight is 310 g/mol. The van der Waals surface area contributed by atoms with Gasteiger partial charge in [-0.2, -0.15) is 0 Å². The molecule has 0 fully saturated rings. The zero-order valence-corrected chi connectivity index (χ0v) is 12.2. The van der Waals surface area contributed by atoms with E-state index in [0.717, 1.165) is 5.56 Å². The van der Waals surface area contributed by atoms with E-state index in [4.69, 9.17) is 16.3 Å². The molecule has 0 aliphatic heterocycles. The molecule has 0 aliphatic rings. The molecule has 2 aromatic rings. The molecule has 0 aliphatic carbocycles. The molecule has 0 heterocycles. The molecule has 1 unspecified atom stereocenters. The van der Waals surface area contributed by atoms with Crippen molar-refractivity contribution in [2.45, 2.75) is 12.6 Å². The van der Waals surface area contributed by atoms with Gasteiger partial charge in [0.05, 0.1) is 0 Å². The van der Waals surface area contributed by atoms with Gasteiger partial charge in [-0.3, -0.25) is 0 Å². The van der Waals surface area contributed by atoms with E-state index in [1.807, 2.05) is 0 Å². The standard InChI is InChI=1S/C16H17ClFNO2/c17-13-3-7-16(8-4-13)21-11-15(20)10-19-9-12-1-5-14(18)6-2-12/h1-8,15,19-20H,9-11H2. The lowest BCUT2D eigenvalue weighted by Gasteiger charge is -2.13. The topological polar surface area (TPSA) is 41.5 Å². The summed E-state index contributed by atoms with van der Waals surface area (Å²) in [6.07, 6.45) is -0.624. The van der Waals surface area contributed by atoms with Crippen molar-refractivity contribution in [3.63, 3.8) is 0 Å². The molecule has 5 heteroatoms. The smallest absolute Gasteiger partial charge is 0.123 e. The van der Waals surface area contributed by atoms with Gasteiger partial charge in [-0.1, -0.05) is 23.7 Å². The maximum atomic E-state index is 12.7. The van der Waals surface area contributed by atoms with E-state index in [1.165, 1.54) is 12.1 Å². The molecule has 21 heavy (non-hydrogen) atoms. The summed E-state index contributed by atoms with van der Waals surface area (Å²) < 4.78 is 18.2. The van der Waals surface area contributed by atoms with E-state index >= 15 is 0 Å². The van der Waals surface area contributed by atoms with Crippen LogP contribution in [-0.4, -0.2) is 24.4 Å². The summed E-state index contributed by atoms with van der Waals surface area (Å²) in [6, 6.07) is 13.2. The largest absolute Gasteiger partial charge is 0.491 e. The second kappa shape index (κ2) is 7.98. The second-order valence-electron chi connectivity index (χ2n) is 4.68. The lowest BCUT2D eigenvalue weighted by atomic mass is 10.2. The predicted molar refractivity (Wildman–Crippen MR) is 81.1 cm³/mol. The summed E-state index contributed by atoms with van der Waals surface area (Å²) in [5.41, 5.74) is 0.960. The number of rotatable bonds is 7.